The molecule has 0 heterocycles. The van der Waals surface area contributed by atoms with Crippen LogP contribution in [0.25, 0.3) is 0 Å². The van der Waals surface area contributed by atoms with Crippen molar-refractivity contribution in [1.29, 1.82) is 0 Å². The van der Waals surface area contributed by atoms with Crippen molar-refractivity contribution in [2.75, 3.05) is 0 Å². The van der Waals surface area contributed by atoms with Gasteiger partial charge >= 0.3 is 0 Å². The fraction of sp³-hybridized carbons (Fsp3) is 0.417. The van der Waals surface area contributed by atoms with Crippen molar-refractivity contribution in [1.82, 2.24) is 5.32 Å². The summed E-state index contributed by atoms with van der Waals surface area (Å²) in [6, 6.07) is 7.48. The van der Waals surface area contributed by atoms with E-state index in [4.69, 9.17) is 11.6 Å². The van der Waals surface area contributed by atoms with Gasteiger partial charge in [-0.15, -0.1) is 0 Å². The van der Waals surface area contributed by atoms with Crippen LogP contribution in [0.5, 0.6) is 0 Å². The third kappa shape index (κ3) is 3.80. The Bertz CT molecular complexity index is 370. The van der Waals surface area contributed by atoms with Crippen molar-refractivity contribution < 1.29 is 4.79 Å². The van der Waals surface area contributed by atoms with E-state index >= 15 is 0 Å². The molecule has 0 saturated heterocycles. The average Bonchev–Trinajstić information content (AvgIpc) is 2.27. The fourth-order valence-electron chi connectivity index (χ4n) is 1.35. The van der Waals surface area contributed by atoms with Crippen molar-refractivity contribution in [3.05, 3.63) is 34.9 Å². The number of nitrogens with one attached hydrogen (secondary N) is 1. The summed E-state index contributed by atoms with van der Waals surface area (Å²) >= 11 is 9.21. The molecule has 1 N–H and O–H groups in total. The first-order chi connectivity index (χ1) is 7.54. The Labute approximate surface area is 110 Å². The molecule has 0 aliphatic heterocycles. The van der Waals surface area contributed by atoms with Crippen molar-refractivity contribution >= 4 is 33.4 Å². The van der Waals surface area contributed by atoms with Crippen molar-refractivity contribution in [3.8, 4) is 0 Å². The van der Waals surface area contributed by atoms with E-state index in [0.29, 0.717) is 5.02 Å². The third-order valence-electron chi connectivity index (χ3n) is 2.35. The minimum absolute atomic E-state index is 0.00924. The largest absolute Gasteiger partial charge is 0.349 e. The van der Waals surface area contributed by atoms with Gasteiger partial charge in [0.05, 0.1) is 10.9 Å². The SMILES string of the molecule is CCC(Br)C(=O)N[C@@H](C)c1cccc(Cl)c1. The summed E-state index contributed by atoms with van der Waals surface area (Å²) in [5.74, 6) is 0.00924. The monoisotopic (exact) mass is 303 g/mol. The molecule has 1 rings (SSSR count). The molecule has 0 aliphatic carbocycles. The summed E-state index contributed by atoms with van der Waals surface area (Å²) in [6.45, 7) is 3.90. The van der Waals surface area contributed by atoms with Crippen LogP contribution in [0.4, 0.5) is 0 Å². The predicted octanol–water partition coefficient (Wildman–Crippen LogP) is 3.69. The van der Waals surface area contributed by atoms with E-state index in [1.54, 1.807) is 0 Å². The molecular weight excluding hydrogens is 289 g/mol. The van der Waals surface area contributed by atoms with Gasteiger partial charge in [0.1, 0.15) is 0 Å². The molecule has 0 radical (unpaired) electrons. The van der Waals surface area contributed by atoms with E-state index in [2.05, 4.69) is 21.2 Å². The van der Waals surface area contributed by atoms with Crippen LogP contribution in [0.1, 0.15) is 31.9 Å². The Balaban J connectivity index is 2.65. The van der Waals surface area contributed by atoms with E-state index in [0.717, 1.165) is 12.0 Å². The van der Waals surface area contributed by atoms with Crippen LogP contribution < -0.4 is 5.32 Å². The van der Waals surface area contributed by atoms with Gasteiger partial charge in [0.15, 0.2) is 0 Å². The van der Waals surface area contributed by atoms with E-state index in [1.807, 2.05) is 38.1 Å². The molecule has 0 bridgehead atoms. The molecule has 0 spiro atoms. The van der Waals surface area contributed by atoms with E-state index < -0.39 is 0 Å². The number of carbonyl (C=O) groups excluding carboxylic acids is 1. The first kappa shape index (κ1) is 13.5. The first-order valence-electron chi connectivity index (χ1n) is 5.24. The van der Waals surface area contributed by atoms with Gasteiger partial charge in [0.2, 0.25) is 5.91 Å². The minimum Gasteiger partial charge on any atom is -0.349 e. The molecule has 1 unspecified atom stereocenters. The highest BCUT2D eigenvalue weighted by Gasteiger charge is 2.15. The number of alkyl halides is 1. The smallest absolute Gasteiger partial charge is 0.234 e. The lowest BCUT2D eigenvalue weighted by Gasteiger charge is -2.16. The van der Waals surface area contributed by atoms with Crippen LogP contribution in [0.2, 0.25) is 5.02 Å². The van der Waals surface area contributed by atoms with Gasteiger partial charge in [-0.2, -0.15) is 0 Å². The second-order valence-electron chi connectivity index (χ2n) is 3.66. The maximum absolute atomic E-state index is 11.7. The number of benzene rings is 1. The van der Waals surface area contributed by atoms with Gasteiger partial charge in [0.25, 0.3) is 0 Å². The topological polar surface area (TPSA) is 29.1 Å². The van der Waals surface area contributed by atoms with Crippen LogP contribution in [0.15, 0.2) is 24.3 Å². The number of hydrogen-bond donors (Lipinski definition) is 1. The Kier molecular flexibility index (Phi) is 5.29. The molecule has 16 heavy (non-hydrogen) atoms. The zero-order valence-electron chi connectivity index (χ0n) is 9.34. The summed E-state index contributed by atoms with van der Waals surface area (Å²) in [4.78, 5) is 11.5. The average molecular weight is 305 g/mol. The Morgan fingerprint density at radius 2 is 2.25 bits per heavy atom. The zero-order chi connectivity index (χ0) is 12.1. The second-order valence-corrected chi connectivity index (χ2v) is 5.20. The lowest BCUT2D eigenvalue weighted by molar-refractivity contribution is -0.121. The lowest BCUT2D eigenvalue weighted by Crippen LogP contribution is -2.32. The van der Waals surface area contributed by atoms with E-state index in [-0.39, 0.29) is 16.8 Å². The van der Waals surface area contributed by atoms with Crippen LogP contribution in [0.3, 0.4) is 0 Å². The van der Waals surface area contributed by atoms with Crippen molar-refractivity contribution in [3.63, 3.8) is 0 Å². The molecule has 2 nitrogen and oxygen atoms in total. The van der Waals surface area contributed by atoms with Crippen LogP contribution in [-0.2, 0) is 4.79 Å². The number of halogens is 2. The highest BCUT2D eigenvalue weighted by Crippen LogP contribution is 2.18. The van der Waals surface area contributed by atoms with Gasteiger partial charge in [0, 0.05) is 5.02 Å². The predicted molar refractivity (Wildman–Crippen MR) is 71.0 cm³/mol. The van der Waals surface area contributed by atoms with Gasteiger partial charge < -0.3 is 5.32 Å². The number of hydrogen-bond acceptors (Lipinski definition) is 1. The summed E-state index contributed by atoms with van der Waals surface area (Å²) in [6.07, 6.45) is 0.772. The Morgan fingerprint density at radius 3 is 2.81 bits per heavy atom. The number of carbonyl (C=O) groups is 1. The Morgan fingerprint density at radius 1 is 1.56 bits per heavy atom. The third-order valence-corrected chi connectivity index (χ3v) is 3.65. The molecule has 1 amide bonds. The number of amides is 1. The molecule has 1 aromatic rings. The van der Waals surface area contributed by atoms with E-state index in [1.165, 1.54) is 0 Å². The van der Waals surface area contributed by atoms with E-state index in [9.17, 15) is 4.79 Å². The maximum atomic E-state index is 11.7. The molecule has 0 aromatic heterocycles. The fourth-order valence-corrected chi connectivity index (χ4v) is 1.68. The lowest BCUT2D eigenvalue weighted by atomic mass is 10.1. The first-order valence-corrected chi connectivity index (χ1v) is 6.54. The molecule has 4 heteroatoms. The molecule has 88 valence electrons. The normalized spacial score (nSPS) is 14.2. The van der Waals surface area contributed by atoms with Crippen molar-refractivity contribution in [2.45, 2.75) is 31.1 Å². The van der Waals surface area contributed by atoms with Gasteiger partial charge in [-0.1, -0.05) is 46.6 Å². The summed E-state index contributed by atoms with van der Waals surface area (Å²) in [5.41, 5.74) is 1.01. The molecule has 0 fully saturated rings. The highest BCUT2D eigenvalue weighted by molar-refractivity contribution is 9.10. The molecule has 0 aliphatic rings. The summed E-state index contributed by atoms with van der Waals surface area (Å²) < 4.78 is 0. The molecular formula is C12H15BrClNO. The summed E-state index contributed by atoms with van der Waals surface area (Å²) in [7, 11) is 0. The molecule has 2 atom stereocenters. The standard InChI is InChI=1S/C12H15BrClNO/c1-3-11(13)12(16)15-8(2)9-5-4-6-10(14)7-9/h4-8,11H,3H2,1-2H3,(H,15,16)/t8-,11?/m0/s1. The highest BCUT2D eigenvalue weighted by atomic mass is 79.9. The quantitative estimate of drug-likeness (QED) is 0.845. The second kappa shape index (κ2) is 6.26. The van der Waals surface area contributed by atoms with Crippen LogP contribution in [-0.4, -0.2) is 10.7 Å². The summed E-state index contributed by atoms with van der Waals surface area (Å²) in [5, 5.41) is 3.61. The van der Waals surface area contributed by atoms with Gasteiger partial charge in [-0.25, -0.2) is 0 Å². The van der Waals surface area contributed by atoms with Crippen LogP contribution >= 0.6 is 27.5 Å². The zero-order valence-corrected chi connectivity index (χ0v) is 11.7. The Hall–Kier alpha value is -0.540. The molecule has 0 saturated carbocycles. The van der Waals surface area contributed by atoms with Crippen molar-refractivity contribution in [2.24, 2.45) is 0 Å². The van der Waals surface area contributed by atoms with Gasteiger partial charge in [-0.3, -0.25) is 4.79 Å². The van der Waals surface area contributed by atoms with Crippen LogP contribution in [0, 0.1) is 0 Å². The molecule has 1 aromatic carbocycles. The number of rotatable bonds is 4. The maximum Gasteiger partial charge on any atom is 0.234 e. The van der Waals surface area contributed by atoms with Gasteiger partial charge in [-0.05, 0) is 31.0 Å². The minimum atomic E-state index is -0.130.